The van der Waals surface area contributed by atoms with Gasteiger partial charge in [0, 0.05) is 17.4 Å². The van der Waals surface area contributed by atoms with Gasteiger partial charge in [-0.05, 0) is 57.7 Å². The molecule has 0 aliphatic heterocycles. The quantitative estimate of drug-likeness (QED) is 0.906. The van der Waals surface area contributed by atoms with E-state index in [1.54, 1.807) is 6.92 Å². The smallest absolute Gasteiger partial charge is 0.297 e. The standard InChI is InChI=1S/C14H19F3N2/c1-8-7-9(2)18-10(3)12(8)11(4)19-13(5-6-13)14(15,16)17/h7,11,19H,5-6H2,1-4H3. The lowest BCUT2D eigenvalue weighted by Gasteiger charge is -2.27. The Morgan fingerprint density at radius 2 is 1.84 bits per heavy atom. The molecule has 0 saturated heterocycles. The van der Waals surface area contributed by atoms with E-state index in [1.807, 2.05) is 26.8 Å². The molecule has 0 spiro atoms. The minimum absolute atomic E-state index is 0.165. The average Bonchev–Trinajstić information content (AvgIpc) is 2.95. The molecule has 0 aromatic carbocycles. The van der Waals surface area contributed by atoms with E-state index in [0.717, 1.165) is 22.5 Å². The monoisotopic (exact) mass is 272 g/mol. The molecule has 1 fully saturated rings. The molecule has 106 valence electrons. The van der Waals surface area contributed by atoms with Gasteiger partial charge < -0.3 is 0 Å². The summed E-state index contributed by atoms with van der Waals surface area (Å²) in [4.78, 5) is 4.35. The Hall–Kier alpha value is -1.10. The van der Waals surface area contributed by atoms with E-state index in [9.17, 15) is 13.2 Å². The number of aryl methyl sites for hydroxylation is 3. The molecule has 5 heteroatoms. The second kappa shape index (κ2) is 4.47. The Morgan fingerprint density at radius 1 is 1.26 bits per heavy atom. The van der Waals surface area contributed by atoms with Gasteiger partial charge >= 0.3 is 6.18 Å². The highest BCUT2D eigenvalue weighted by Gasteiger charge is 2.63. The van der Waals surface area contributed by atoms with Crippen molar-refractivity contribution in [2.45, 2.75) is 58.3 Å². The van der Waals surface area contributed by atoms with Crippen LogP contribution in [0, 0.1) is 20.8 Å². The number of halogens is 3. The first-order valence-corrected chi connectivity index (χ1v) is 6.45. The van der Waals surface area contributed by atoms with Gasteiger partial charge in [-0.1, -0.05) is 0 Å². The van der Waals surface area contributed by atoms with E-state index in [-0.39, 0.29) is 18.9 Å². The van der Waals surface area contributed by atoms with Crippen LogP contribution in [0.2, 0.25) is 0 Å². The Kier molecular flexibility index (Phi) is 3.37. The molecule has 2 rings (SSSR count). The van der Waals surface area contributed by atoms with Crippen molar-refractivity contribution in [3.8, 4) is 0 Å². The van der Waals surface area contributed by atoms with E-state index in [4.69, 9.17) is 0 Å². The summed E-state index contributed by atoms with van der Waals surface area (Å²) in [5.41, 5.74) is 1.87. The second-order valence-corrected chi connectivity index (χ2v) is 5.53. The number of aromatic nitrogens is 1. The molecular formula is C14H19F3N2. The van der Waals surface area contributed by atoms with Gasteiger partial charge in [0.25, 0.3) is 0 Å². The van der Waals surface area contributed by atoms with Gasteiger partial charge in [0.15, 0.2) is 0 Å². The van der Waals surface area contributed by atoms with Gasteiger partial charge in [0.1, 0.15) is 5.54 Å². The third kappa shape index (κ3) is 2.61. The molecule has 1 aromatic heterocycles. The predicted molar refractivity (Wildman–Crippen MR) is 68.0 cm³/mol. The van der Waals surface area contributed by atoms with Gasteiger partial charge in [-0.3, -0.25) is 10.3 Å². The number of rotatable bonds is 3. The third-order valence-corrected chi connectivity index (χ3v) is 3.80. The Labute approximate surface area is 111 Å². The van der Waals surface area contributed by atoms with Crippen LogP contribution < -0.4 is 5.32 Å². The first-order chi connectivity index (χ1) is 8.66. The number of nitrogens with zero attached hydrogens (tertiary/aromatic N) is 1. The summed E-state index contributed by atoms with van der Waals surface area (Å²) < 4.78 is 38.9. The van der Waals surface area contributed by atoms with E-state index in [0.29, 0.717) is 0 Å². The highest BCUT2D eigenvalue weighted by atomic mass is 19.4. The largest absolute Gasteiger partial charge is 0.406 e. The molecule has 0 amide bonds. The van der Waals surface area contributed by atoms with E-state index in [1.165, 1.54) is 0 Å². The van der Waals surface area contributed by atoms with Crippen molar-refractivity contribution in [1.82, 2.24) is 10.3 Å². The maximum atomic E-state index is 13.0. The molecule has 0 radical (unpaired) electrons. The van der Waals surface area contributed by atoms with E-state index in [2.05, 4.69) is 10.3 Å². The summed E-state index contributed by atoms with van der Waals surface area (Å²) >= 11 is 0. The van der Waals surface area contributed by atoms with Gasteiger partial charge in [-0.2, -0.15) is 13.2 Å². The lowest BCUT2D eigenvalue weighted by Crippen LogP contribution is -2.46. The molecule has 19 heavy (non-hydrogen) atoms. The van der Waals surface area contributed by atoms with Crippen molar-refractivity contribution in [1.29, 1.82) is 0 Å². The van der Waals surface area contributed by atoms with Crippen LogP contribution in [0.3, 0.4) is 0 Å². The van der Waals surface area contributed by atoms with E-state index < -0.39 is 11.7 Å². The van der Waals surface area contributed by atoms with Crippen molar-refractivity contribution in [3.05, 3.63) is 28.6 Å². The van der Waals surface area contributed by atoms with Crippen LogP contribution >= 0.6 is 0 Å². The third-order valence-electron chi connectivity index (χ3n) is 3.80. The van der Waals surface area contributed by atoms with Crippen LogP contribution in [0.1, 0.15) is 48.3 Å². The van der Waals surface area contributed by atoms with Crippen molar-refractivity contribution < 1.29 is 13.2 Å². The SMILES string of the molecule is Cc1cc(C)c(C(C)NC2(C(F)(F)F)CC2)c(C)n1. The van der Waals surface area contributed by atoms with Crippen LogP contribution in [0.5, 0.6) is 0 Å². The van der Waals surface area contributed by atoms with Gasteiger partial charge in [0.2, 0.25) is 0 Å². The molecule has 1 atom stereocenters. The molecular weight excluding hydrogens is 253 g/mol. The molecule has 1 unspecified atom stereocenters. The molecule has 1 aliphatic rings. The minimum atomic E-state index is -4.18. The summed E-state index contributed by atoms with van der Waals surface area (Å²) in [6.45, 7) is 7.43. The van der Waals surface area contributed by atoms with Crippen molar-refractivity contribution in [3.63, 3.8) is 0 Å². The maximum Gasteiger partial charge on any atom is 0.406 e. The first kappa shape index (κ1) is 14.3. The van der Waals surface area contributed by atoms with Crippen molar-refractivity contribution in [2.75, 3.05) is 0 Å². The van der Waals surface area contributed by atoms with Crippen LogP contribution in [0.15, 0.2) is 6.07 Å². The normalized spacial score (nSPS) is 19.3. The molecule has 2 nitrogen and oxygen atoms in total. The highest BCUT2D eigenvalue weighted by molar-refractivity contribution is 5.34. The fourth-order valence-corrected chi connectivity index (χ4v) is 2.81. The molecule has 1 saturated carbocycles. The fourth-order valence-electron chi connectivity index (χ4n) is 2.81. The molecule has 1 N–H and O–H groups in total. The number of hydrogen-bond donors (Lipinski definition) is 1. The average molecular weight is 272 g/mol. The fraction of sp³-hybridized carbons (Fsp3) is 0.643. The van der Waals surface area contributed by atoms with Crippen LogP contribution in [-0.4, -0.2) is 16.7 Å². The van der Waals surface area contributed by atoms with Crippen LogP contribution in [-0.2, 0) is 0 Å². The zero-order valence-electron chi connectivity index (χ0n) is 11.7. The second-order valence-electron chi connectivity index (χ2n) is 5.53. The van der Waals surface area contributed by atoms with Gasteiger partial charge in [-0.25, -0.2) is 0 Å². The van der Waals surface area contributed by atoms with Crippen LogP contribution in [0.4, 0.5) is 13.2 Å². The van der Waals surface area contributed by atoms with Crippen molar-refractivity contribution >= 4 is 0 Å². The zero-order chi connectivity index (χ0) is 14.4. The maximum absolute atomic E-state index is 13.0. The van der Waals surface area contributed by atoms with E-state index >= 15 is 0 Å². The lowest BCUT2D eigenvalue weighted by atomic mass is 9.99. The Balaban J connectivity index is 2.25. The first-order valence-electron chi connectivity index (χ1n) is 6.45. The van der Waals surface area contributed by atoms with Crippen molar-refractivity contribution in [2.24, 2.45) is 0 Å². The van der Waals surface area contributed by atoms with Gasteiger partial charge in [0.05, 0.1) is 0 Å². The molecule has 1 aromatic rings. The molecule has 0 bridgehead atoms. The molecule has 1 aliphatic carbocycles. The zero-order valence-corrected chi connectivity index (χ0v) is 11.7. The number of alkyl halides is 3. The summed E-state index contributed by atoms with van der Waals surface area (Å²) in [6.07, 6.45) is -3.85. The number of nitrogens with one attached hydrogen (secondary N) is 1. The topological polar surface area (TPSA) is 24.9 Å². The molecule has 1 heterocycles. The van der Waals surface area contributed by atoms with Crippen LogP contribution in [0.25, 0.3) is 0 Å². The van der Waals surface area contributed by atoms with Gasteiger partial charge in [-0.15, -0.1) is 0 Å². The highest BCUT2D eigenvalue weighted by Crippen LogP contribution is 2.50. The summed E-state index contributed by atoms with van der Waals surface area (Å²) in [5, 5.41) is 2.76. The predicted octanol–water partition coefficient (Wildman–Crippen LogP) is 3.75. The lowest BCUT2D eigenvalue weighted by molar-refractivity contribution is -0.167. The minimum Gasteiger partial charge on any atom is -0.297 e. The number of pyridine rings is 1. The number of hydrogen-bond acceptors (Lipinski definition) is 2. The Bertz CT molecular complexity index is 467. The summed E-state index contributed by atoms with van der Waals surface area (Å²) in [6, 6.07) is 1.56. The summed E-state index contributed by atoms with van der Waals surface area (Å²) in [7, 11) is 0. The Morgan fingerprint density at radius 3 is 2.26 bits per heavy atom. The summed E-state index contributed by atoms with van der Waals surface area (Å²) in [5.74, 6) is 0.